The van der Waals surface area contributed by atoms with Crippen LogP contribution in [-0.4, -0.2) is 24.3 Å². The fourth-order valence-electron chi connectivity index (χ4n) is 1.74. The van der Waals surface area contributed by atoms with Crippen molar-refractivity contribution in [1.29, 1.82) is 0 Å². The molecule has 22 heavy (non-hydrogen) atoms. The summed E-state index contributed by atoms with van der Waals surface area (Å²) in [5, 5.41) is 6.33. The highest BCUT2D eigenvalue weighted by Crippen LogP contribution is 2.32. The second-order valence-electron chi connectivity index (χ2n) is 6.46. The smallest absolute Gasteiger partial charge is 0.407 e. The van der Waals surface area contributed by atoms with Crippen molar-refractivity contribution < 1.29 is 9.53 Å². The number of rotatable bonds is 6. The number of alkyl carbamates (subject to hydrolysis) is 1. The molecule has 0 fully saturated rings. The Labute approximate surface area is 153 Å². The highest BCUT2D eigenvalue weighted by molar-refractivity contribution is 9.13. The van der Waals surface area contributed by atoms with Crippen LogP contribution in [0.5, 0.6) is 0 Å². The highest BCUT2D eigenvalue weighted by atomic mass is 79.9. The summed E-state index contributed by atoms with van der Waals surface area (Å²) in [6.45, 7) is 11.2. The number of thiophene rings is 1. The molecule has 0 spiro atoms. The first-order valence-corrected chi connectivity index (χ1v) is 9.62. The summed E-state index contributed by atoms with van der Waals surface area (Å²) in [5.74, 6) is 0.321. The number of carbonyl (C=O) groups excluding carboxylic acids is 1. The molecule has 2 N–H and O–H groups in total. The summed E-state index contributed by atoms with van der Waals surface area (Å²) >= 11 is 8.67. The molecule has 1 amide bonds. The Balaban J connectivity index is 2.46. The molecule has 0 bridgehead atoms. The van der Waals surface area contributed by atoms with Gasteiger partial charge in [-0.3, -0.25) is 0 Å². The maximum atomic E-state index is 11.9. The van der Waals surface area contributed by atoms with Crippen LogP contribution in [-0.2, 0) is 11.3 Å². The van der Waals surface area contributed by atoms with E-state index in [9.17, 15) is 4.79 Å². The first-order valence-electron chi connectivity index (χ1n) is 7.22. The van der Waals surface area contributed by atoms with Gasteiger partial charge in [0.1, 0.15) is 5.60 Å². The molecule has 1 rings (SSSR count). The van der Waals surface area contributed by atoms with Crippen molar-refractivity contribution in [3.63, 3.8) is 0 Å². The summed E-state index contributed by atoms with van der Waals surface area (Å²) in [4.78, 5) is 13.1. The van der Waals surface area contributed by atoms with Crippen molar-refractivity contribution in [2.45, 2.75) is 52.8 Å². The van der Waals surface area contributed by atoms with Crippen LogP contribution in [0.3, 0.4) is 0 Å². The zero-order valence-corrected chi connectivity index (χ0v) is 17.6. The van der Waals surface area contributed by atoms with Crippen molar-refractivity contribution in [1.82, 2.24) is 10.6 Å². The lowest BCUT2D eigenvalue weighted by atomic mass is 10.0. The van der Waals surface area contributed by atoms with Crippen molar-refractivity contribution in [2.24, 2.45) is 5.92 Å². The SMILES string of the molecule is CC(C)C(CNCc1cc(Br)c(Br)s1)NC(=O)OC(C)(C)C. The Morgan fingerprint density at radius 2 is 2.00 bits per heavy atom. The minimum Gasteiger partial charge on any atom is -0.444 e. The molecular formula is C15H24Br2N2O2S. The van der Waals surface area contributed by atoms with E-state index in [1.54, 1.807) is 11.3 Å². The molecule has 4 nitrogen and oxygen atoms in total. The Morgan fingerprint density at radius 3 is 2.45 bits per heavy atom. The molecule has 1 unspecified atom stereocenters. The summed E-state index contributed by atoms with van der Waals surface area (Å²) in [6.07, 6.45) is -0.366. The number of amides is 1. The molecule has 7 heteroatoms. The van der Waals surface area contributed by atoms with Gasteiger partial charge in [0, 0.05) is 28.5 Å². The van der Waals surface area contributed by atoms with Gasteiger partial charge in [-0.05, 0) is 64.6 Å². The van der Waals surface area contributed by atoms with Gasteiger partial charge in [0.2, 0.25) is 0 Å². The Hall–Kier alpha value is -0.110. The van der Waals surface area contributed by atoms with Crippen LogP contribution >= 0.6 is 43.2 Å². The van der Waals surface area contributed by atoms with Gasteiger partial charge in [-0.2, -0.15) is 0 Å². The van der Waals surface area contributed by atoms with Gasteiger partial charge in [0.25, 0.3) is 0 Å². The van der Waals surface area contributed by atoms with Crippen LogP contribution in [0.15, 0.2) is 14.3 Å². The lowest BCUT2D eigenvalue weighted by molar-refractivity contribution is 0.0490. The minimum atomic E-state index is -0.478. The molecule has 0 aliphatic rings. The molecule has 1 heterocycles. The number of hydrogen-bond donors (Lipinski definition) is 2. The molecule has 1 atom stereocenters. The van der Waals surface area contributed by atoms with Gasteiger partial charge in [-0.25, -0.2) is 4.79 Å². The normalized spacial score (nSPS) is 13.3. The van der Waals surface area contributed by atoms with Gasteiger partial charge < -0.3 is 15.4 Å². The van der Waals surface area contributed by atoms with Crippen LogP contribution in [0, 0.1) is 5.92 Å². The molecule has 1 aromatic heterocycles. The van der Waals surface area contributed by atoms with E-state index in [1.807, 2.05) is 20.8 Å². The van der Waals surface area contributed by atoms with Crippen molar-refractivity contribution >= 4 is 49.3 Å². The standard InChI is InChI=1S/C15H24Br2N2O2S/c1-9(2)12(19-14(20)21-15(3,4)5)8-18-7-10-6-11(16)13(17)22-10/h6,9,12,18H,7-8H2,1-5H3,(H,19,20). The maximum absolute atomic E-state index is 11.9. The minimum absolute atomic E-state index is 0.0293. The van der Waals surface area contributed by atoms with Crippen molar-refractivity contribution in [2.75, 3.05) is 6.54 Å². The van der Waals surface area contributed by atoms with Gasteiger partial charge in [0.05, 0.1) is 3.79 Å². The van der Waals surface area contributed by atoms with E-state index < -0.39 is 5.60 Å². The number of halogens is 2. The number of ether oxygens (including phenoxy) is 1. The lowest BCUT2D eigenvalue weighted by Crippen LogP contribution is -2.46. The van der Waals surface area contributed by atoms with E-state index in [2.05, 4.69) is 62.4 Å². The zero-order valence-electron chi connectivity index (χ0n) is 13.6. The van der Waals surface area contributed by atoms with Gasteiger partial charge in [-0.15, -0.1) is 11.3 Å². The third kappa shape index (κ3) is 7.44. The molecule has 0 saturated heterocycles. The van der Waals surface area contributed by atoms with Crippen molar-refractivity contribution in [3.05, 3.63) is 19.2 Å². The summed E-state index contributed by atoms with van der Waals surface area (Å²) in [5.41, 5.74) is -0.478. The van der Waals surface area contributed by atoms with E-state index in [0.29, 0.717) is 12.5 Å². The first kappa shape index (κ1) is 19.9. The molecule has 0 aliphatic carbocycles. The molecule has 0 saturated carbocycles. The Bertz CT molecular complexity index is 479. The average Bonchev–Trinajstić information content (AvgIpc) is 2.65. The topological polar surface area (TPSA) is 50.4 Å². The fraction of sp³-hybridized carbons (Fsp3) is 0.667. The van der Waals surface area contributed by atoms with E-state index in [4.69, 9.17) is 4.74 Å². The molecule has 0 aromatic carbocycles. The van der Waals surface area contributed by atoms with Crippen LogP contribution < -0.4 is 10.6 Å². The maximum Gasteiger partial charge on any atom is 0.407 e. The van der Waals surface area contributed by atoms with E-state index >= 15 is 0 Å². The van der Waals surface area contributed by atoms with Crippen LogP contribution in [0.2, 0.25) is 0 Å². The average molecular weight is 456 g/mol. The van der Waals surface area contributed by atoms with E-state index in [-0.39, 0.29) is 12.1 Å². The third-order valence-electron chi connectivity index (χ3n) is 2.87. The predicted molar refractivity (Wildman–Crippen MR) is 99.4 cm³/mol. The van der Waals surface area contributed by atoms with Gasteiger partial charge in [-0.1, -0.05) is 13.8 Å². The summed E-state index contributed by atoms with van der Waals surface area (Å²) in [7, 11) is 0. The second-order valence-corrected chi connectivity index (χ2v) is 9.77. The Morgan fingerprint density at radius 1 is 1.36 bits per heavy atom. The Kier molecular flexibility index (Phi) is 7.85. The van der Waals surface area contributed by atoms with Gasteiger partial charge >= 0.3 is 6.09 Å². The van der Waals surface area contributed by atoms with Crippen molar-refractivity contribution in [3.8, 4) is 0 Å². The lowest BCUT2D eigenvalue weighted by Gasteiger charge is -2.26. The number of nitrogens with one attached hydrogen (secondary N) is 2. The number of carbonyl (C=O) groups is 1. The molecule has 126 valence electrons. The number of hydrogen-bond acceptors (Lipinski definition) is 4. The monoisotopic (exact) mass is 454 g/mol. The predicted octanol–water partition coefficient (Wildman–Crippen LogP) is 4.91. The zero-order chi connectivity index (χ0) is 16.9. The second kappa shape index (κ2) is 8.66. The highest BCUT2D eigenvalue weighted by Gasteiger charge is 2.21. The summed E-state index contributed by atoms with van der Waals surface area (Å²) in [6, 6.07) is 2.12. The molecular weight excluding hydrogens is 432 g/mol. The van der Waals surface area contributed by atoms with Crippen LogP contribution in [0.4, 0.5) is 4.79 Å². The van der Waals surface area contributed by atoms with Gasteiger partial charge in [0.15, 0.2) is 0 Å². The quantitative estimate of drug-likeness (QED) is 0.640. The third-order valence-corrected chi connectivity index (χ3v) is 6.12. The molecule has 0 aliphatic heterocycles. The van der Waals surface area contributed by atoms with E-state index in [1.165, 1.54) is 4.88 Å². The molecule has 0 radical (unpaired) electrons. The molecule has 1 aromatic rings. The summed E-state index contributed by atoms with van der Waals surface area (Å²) < 4.78 is 7.48. The van der Waals surface area contributed by atoms with Crippen LogP contribution in [0.25, 0.3) is 0 Å². The van der Waals surface area contributed by atoms with Crippen LogP contribution in [0.1, 0.15) is 39.5 Å². The first-order chi connectivity index (χ1) is 10.1. The largest absolute Gasteiger partial charge is 0.444 e. The fourth-order valence-corrected chi connectivity index (χ4v) is 3.89. The van der Waals surface area contributed by atoms with E-state index in [0.717, 1.165) is 14.8 Å².